The zero-order valence-corrected chi connectivity index (χ0v) is 12.7. The minimum atomic E-state index is -0.510. The molecule has 0 aromatic heterocycles. The molecule has 108 valence electrons. The summed E-state index contributed by atoms with van der Waals surface area (Å²) in [6, 6.07) is 20.5. The fourth-order valence-electron chi connectivity index (χ4n) is 2.30. The third kappa shape index (κ3) is 3.86. The highest BCUT2D eigenvalue weighted by Gasteiger charge is 2.26. The van der Waals surface area contributed by atoms with Crippen molar-refractivity contribution in [2.75, 3.05) is 6.61 Å². The first-order chi connectivity index (χ1) is 10.2. The van der Waals surface area contributed by atoms with Crippen LogP contribution in [0.3, 0.4) is 0 Å². The molecule has 0 N–H and O–H groups in total. The third-order valence-corrected chi connectivity index (χ3v) is 3.84. The molecule has 2 aromatic rings. The number of nitriles is 1. The molecular weight excluding hydrogens is 258 g/mol. The van der Waals surface area contributed by atoms with Crippen molar-refractivity contribution in [3.8, 4) is 11.8 Å². The molecule has 1 unspecified atom stereocenters. The summed E-state index contributed by atoms with van der Waals surface area (Å²) in [7, 11) is 0. The Morgan fingerprint density at radius 3 is 2.52 bits per heavy atom. The number of hydrogen-bond donors (Lipinski definition) is 0. The van der Waals surface area contributed by atoms with Gasteiger partial charge in [0.15, 0.2) is 0 Å². The highest BCUT2D eigenvalue weighted by atomic mass is 16.5. The van der Waals surface area contributed by atoms with Gasteiger partial charge in [-0.3, -0.25) is 0 Å². The second kappa shape index (κ2) is 6.95. The zero-order chi connectivity index (χ0) is 15.1. The van der Waals surface area contributed by atoms with Crippen molar-refractivity contribution < 1.29 is 4.74 Å². The van der Waals surface area contributed by atoms with Gasteiger partial charge in [-0.1, -0.05) is 49.4 Å². The van der Waals surface area contributed by atoms with E-state index < -0.39 is 5.41 Å². The van der Waals surface area contributed by atoms with Gasteiger partial charge in [-0.2, -0.15) is 5.26 Å². The fraction of sp³-hybridized carbons (Fsp3) is 0.316. The van der Waals surface area contributed by atoms with E-state index in [9.17, 15) is 5.26 Å². The van der Waals surface area contributed by atoms with Gasteiger partial charge in [0.25, 0.3) is 0 Å². The van der Waals surface area contributed by atoms with Crippen molar-refractivity contribution in [1.82, 2.24) is 0 Å². The minimum absolute atomic E-state index is 0.510. The Hall–Kier alpha value is -2.27. The van der Waals surface area contributed by atoms with Crippen molar-refractivity contribution in [2.45, 2.75) is 32.1 Å². The van der Waals surface area contributed by atoms with E-state index in [0.29, 0.717) is 13.0 Å². The molecule has 2 nitrogen and oxygen atoms in total. The molecule has 0 radical (unpaired) electrons. The average Bonchev–Trinajstić information content (AvgIpc) is 2.55. The Kier molecular flexibility index (Phi) is 5.00. The van der Waals surface area contributed by atoms with Crippen molar-refractivity contribution in [3.63, 3.8) is 0 Å². The Morgan fingerprint density at radius 2 is 1.86 bits per heavy atom. The van der Waals surface area contributed by atoms with Crippen LogP contribution >= 0.6 is 0 Å². The molecule has 2 rings (SSSR count). The first-order valence-electron chi connectivity index (χ1n) is 7.36. The number of rotatable bonds is 6. The summed E-state index contributed by atoms with van der Waals surface area (Å²) in [5, 5.41) is 9.51. The number of hydrogen-bond acceptors (Lipinski definition) is 2. The summed E-state index contributed by atoms with van der Waals surface area (Å²) >= 11 is 0. The SMILES string of the molecule is CCc1cccc(OCCC(C)(C#N)c2ccccc2)c1. The molecule has 0 amide bonds. The lowest BCUT2D eigenvalue weighted by Crippen LogP contribution is -2.22. The number of nitrogens with zero attached hydrogens (tertiary/aromatic N) is 1. The molecule has 0 heterocycles. The smallest absolute Gasteiger partial charge is 0.119 e. The Morgan fingerprint density at radius 1 is 1.10 bits per heavy atom. The van der Waals surface area contributed by atoms with E-state index >= 15 is 0 Å². The summed E-state index contributed by atoms with van der Waals surface area (Å²) in [6.45, 7) is 4.63. The lowest BCUT2D eigenvalue weighted by molar-refractivity contribution is 0.285. The van der Waals surface area contributed by atoms with Crippen LogP contribution < -0.4 is 4.74 Å². The van der Waals surface area contributed by atoms with Crippen molar-refractivity contribution >= 4 is 0 Å². The minimum Gasteiger partial charge on any atom is -0.494 e. The molecule has 1 atom stereocenters. The molecule has 0 saturated heterocycles. The van der Waals surface area contributed by atoms with Crippen molar-refractivity contribution in [3.05, 3.63) is 65.7 Å². The third-order valence-electron chi connectivity index (χ3n) is 3.84. The average molecular weight is 279 g/mol. The van der Waals surface area contributed by atoms with Crippen LogP contribution in [-0.2, 0) is 11.8 Å². The van der Waals surface area contributed by atoms with Crippen LogP contribution in [0.2, 0.25) is 0 Å². The molecule has 0 fully saturated rings. The highest BCUT2D eigenvalue weighted by molar-refractivity contribution is 5.31. The predicted octanol–water partition coefficient (Wildman–Crippen LogP) is 4.50. The van der Waals surface area contributed by atoms with Gasteiger partial charge < -0.3 is 4.74 Å². The van der Waals surface area contributed by atoms with Crippen LogP contribution in [0.1, 0.15) is 31.4 Å². The van der Waals surface area contributed by atoms with Gasteiger partial charge >= 0.3 is 0 Å². The van der Waals surface area contributed by atoms with E-state index in [1.165, 1.54) is 5.56 Å². The Balaban J connectivity index is 1.99. The van der Waals surface area contributed by atoms with E-state index in [2.05, 4.69) is 25.1 Å². The number of aryl methyl sites for hydroxylation is 1. The summed E-state index contributed by atoms with van der Waals surface area (Å²) in [6.07, 6.45) is 1.67. The predicted molar refractivity (Wildman–Crippen MR) is 85.3 cm³/mol. The van der Waals surface area contributed by atoms with Gasteiger partial charge in [-0.25, -0.2) is 0 Å². The molecule has 0 aliphatic heterocycles. The summed E-state index contributed by atoms with van der Waals surface area (Å²) in [5.74, 6) is 0.878. The molecule has 21 heavy (non-hydrogen) atoms. The monoisotopic (exact) mass is 279 g/mol. The lowest BCUT2D eigenvalue weighted by atomic mass is 9.81. The van der Waals surface area contributed by atoms with E-state index in [1.807, 2.05) is 49.4 Å². The topological polar surface area (TPSA) is 33.0 Å². The Bertz CT molecular complexity index is 615. The Labute approximate surface area is 127 Å². The van der Waals surface area contributed by atoms with Gasteiger partial charge in [-0.15, -0.1) is 0 Å². The van der Waals surface area contributed by atoms with Crippen LogP contribution in [-0.4, -0.2) is 6.61 Å². The first kappa shape index (κ1) is 15.1. The molecular formula is C19H21NO. The second-order valence-electron chi connectivity index (χ2n) is 5.41. The molecule has 0 bridgehead atoms. The molecule has 0 aliphatic carbocycles. The van der Waals surface area contributed by atoms with Crippen LogP contribution in [0.5, 0.6) is 5.75 Å². The summed E-state index contributed by atoms with van der Waals surface area (Å²) < 4.78 is 5.82. The lowest BCUT2D eigenvalue weighted by Gasteiger charge is -2.22. The normalized spacial score (nSPS) is 13.2. The molecule has 0 spiro atoms. The zero-order valence-electron chi connectivity index (χ0n) is 12.7. The fourth-order valence-corrected chi connectivity index (χ4v) is 2.30. The quantitative estimate of drug-likeness (QED) is 0.780. The van der Waals surface area contributed by atoms with Crippen LogP contribution in [0, 0.1) is 11.3 Å². The molecule has 2 aromatic carbocycles. The van der Waals surface area contributed by atoms with Crippen LogP contribution in [0.25, 0.3) is 0 Å². The van der Waals surface area contributed by atoms with Gasteiger partial charge in [0.1, 0.15) is 5.75 Å². The largest absolute Gasteiger partial charge is 0.494 e. The van der Waals surface area contributed by atoms with Gasteiger partial charge in [0, 0.05) is 6.42 Å². The summed E-state index contributed by atoms with van der Waals surface area (Å²) in [4.78, 5) is 0. The molecule has 0 saturated carbocycles. The molecule has 2 heteroatoms. The van der Waals surface area contributed by atoms with E-state index in [4.69, 9.17) is 4.74 Å². The summed E-state index contributed by atoms with van der Waals surface area (Å²) in [5.41, 5.74) is 1.79. The van der Waals surface area contributed by atoms with Crippen molar-refractivity contribution in [2.24, 2.45) is 0 Å². The van der Waals surface area contributed by atoms with E-state index in [-0.39, 0.29) is 0 Å². The number of benzene rings is 2. The van der Waals surface area contributed by atoms with Gasteiger partial charge in [-0.05, 0) is 36.6 Å². The second-order valence-corrected chi connectivity index (χ2v) is 5.41. The van der Waals surface area contributed by atoms with Crippen LogP contribution in [0.4, 0.5) is 0 Å². The maximum atomic E-state index is 9.51. The maximum absolute atomic E-state index is 9.51. The molecule has 0 aliphatic rings. The van der Waals surface area contributed by atoms with Crippen LogP contribution in [0.15, 0.2) is 54.6 Å². The van der Waals surface area contributed by atoms with Gasteiger partial charge in [0.2, 0.25) is 0 Å². The standard InChI is InChI=1S/C19H21NO/c1-3-16-8-7-11-18(14-16)21-13-12-19(2,15-20)17-9-5-4-6-10-17/h4-11,14H,3,12-13H2,1-2H3. The van der Waals surface area contributed by atoms with Crippen molar-refractivity contribution in [1.29, 1.82) is 5.26 Å². The number of ether oxygens (including phenoxy) is 1. The van der Waals surface area contributed by atoms with Gasteiger partial charge in [0.05, 0.1) is 18.1 Å². The highest BCUT2D eigenvalue weighted by Crippen LogP contribution is 2.27. The van der Waals surface area contributed by atoms with E-state index in [1.54, 1.807) is 0 Å². The van der Waals surface area contributed by atoms with E-state index in [0.717, 1.165) is 17.7 Å². The maximum Gasteiger partial charge on any atom is 0.119 e. The first-order valence-corrected chi connectivity index (χ1v) is 7.36.